The Hall–Kier alpha value is -6.23. The highest BCUT2D eigenvalue weighted by Gasteiger charge is 2.65. The van der Waals surface area contributed by atoms with Crippen LogP contribution in [0.3, 0.4) is 0 Å². The summed E-state index contributed by atoms with van der Waals surface area (Å²) < 4.78 is 31.0. The van der Waals surface area contributed by atoms with Crippen molar-refractivity contribution in [3.8, 4) is 23.0 Å². The lowest BCUT2D eigenvalue weighted by Crippen LogP contribution is -2.70. The number of oxime groups is 1. The Balaban J connectivity index is 1.50. The van der Waals surface area contributed by atoms with Crippen LogP contribution < -0.4 is 24.3 Å². The van der Waals surface area contributed by atoms with Crippen molar-refractivity contribution in [2.45, 2.75) is 76.0 Å². The molecular weight excluding hydrogens is 837 g/mol. The molecule has 16 heteroatoms. The number of rotatable bonds is 22. The minimum absolute atomic E-state index is 0.00781. The summed E-state index contributed by atoms with van der Waals surface area (Å²) in [4.78, 5) is 46.3. The highest BCUT2D eigenvalue weighted by atomic mass is 16.7. The average Bonchev–Trinajstić information content (AvgIpc) is 3.31. The van der Waals surface area contributed by atoms with Gasteiger partial charge in [0, 0.05) is 61.9 Å². The second-order valence-electron chi connectivity index (χ2n) is 16.2. The van der Waals surface area contributed by atoms with E-state index in [2.05, 4.69) is 23.1 Å². The van der Waals surface area contributed by atoms with E-state index in [0.29, 0.717) is 66.4 Å². The molecule has 2 amide bonds. The first kappa shape index (κ1) is 48.2. The molecule has 3 aliphatic rings. The Morgan fingerprint density at radius 1 is 1.00 bits per heavy atom. The van der Waals surface area contributed by atoms with Crippen molar-refractivity contribution >= 4 is 35.2 Å². The number of hydrogen-bond acceptors (Lipinski definition) is 13. The van der Waals surface area contributed by atoms with Crippen LogP contribution in [0.1, 0.15) is 75.3 Å². The van der Waals surface area contributed by atoms with Crippen LogP contribution in [-0.2, 0) is 14.4 Å². The van der Waals surface area contributed by atoms with E-state index in [1.54, 1.807) is 59.5 Å². The summed E-state index contributed by atoms with van der Waals surface area (Å²) in [5, 5.41) is 38.5. The highest BCUT2D eigenvalue weighted by molar-refractivity contribution is 6.03. The van der Waals surface area contributed by atoms with Gasteiger partial charge in [-0.25, -0.2) is 4.79 Å². The summed E-state index contributed by atoms with van der Waals surface area (Å²) in [7, 11) is 4.51. The Morgan fingerprint density at radius 2 is 1.74 bits per heavy atom. The van der Waals surface area contributed by atoms with Crippen molar-refractivity contribution in [1.29, 1.82) is 0 Å². The summed E-state index contributed by atoms with van der Waals surface area (Å²) in [5.41, 5.74) is 3.19. The molecule has 6 rings (SSSR count). The van der Waals surface area contributed by atoms with E-state index in [4.69, 9.17) is 28.5 Å². The number of non-ortho nitro benzene ring substituents is 1. The number of carbonyl (C=O) groups is 2. The van der Waals surface area contributed by atoms with Crippen LogP contribution in [0.5, 0.6) is 23.0 Å². The molecule has 16 nitrogen and oxygen atoms in total. The van der Waals surface area contributed by atoms with Crippen molar-refractivity contribution in [1.82, 2.24) is 4.90 Å². The number of aliphatic hydroxyl groups is 2. The molecule has 0 radical (unpaired) electrons. The smallest absolute Gasteiger partial charge is 0.417 e. The normalized spacial score (nSPS) is 22.5. The molecule has 0 aromatic heterocycles. The van der Waals surface area contributed by atoms with E-state index < -0.39 is 28.8 Å². The molecule has 2 aliphatic carbocycles. The molecule has 3 aromatic rings. The fourth-order valence-corrected chi connectivity index (χ4v) is 9.60. The number of amides is 2. The quantitative estimate of drug-likeness (QED) is 0.0286. The average molecular weight is 897 g/mol. The number of aliphatic hydroxyl groups excluding tert-OH is 2. The number of nitrogens with one attached hydrogen (secondary N) is 1. The second kappa shape index (κ2) is 22.6. The number of ether oxygens (including phenoxy) is 5. The van der Waals surface area contributed by atoms with Crippen molar-refractivity contribution in [2.24, 2.45) is 22.9 Å². The number of fused-ring (bicyclic) bond motifs is 2. The number of methoxy groups -OCH3 is 2. The summed E-state index contributed by atoms with van der Waals surface area (Å²) in [6, 6.07) is 15.4. The lowest BCUT2D eigenvalue weighted by atomic mass is 9.55. The molecule has 0 saturated heterocycles. The molecule has 3 aromatic carbocycles. The topological polar surface area (TPSA) is 201 Å². The number of carbonyl (C=O) groups excluding carboxylic acids is 2. The van der Waals surface area contributed by atoms with Crippen molar-refractivity contribution in [3.63, 3.8) is 0 Å². The van der Waals surface area contributed by atoms with Gasteiger partial charge in [-0.15, -0.1) is 6.58 Å². The Morgan fingerprint density at radius 3 is 2.40 bits per heavy atom. The number of unbranched alkanes of at least 4 members (excludes halogenated alkanes) is 2. The molecule has 1 aliphatic heterocycles. The Bertz CT molecular complexity index is 2240. The van der Waals surface area contributed by atoms with Crippen molar-refractivity contribution in [3.05, 3.63) is 112 Å². The molecule has 0 bridgehead atoms. The zero-order chi connectivity index (χ0) is 46.5. The molecule has 3 N–H and O–H groups in total. The predicted octanol–water partition coefficient (Wildman–Crippen LogP) is 8.44. The molecule has 0 unspecified atom stereocenters. The fourth-order valence-electron chi connectivity index (χ4n) is 9.60. The number of hydrogen-bond donors (Lipinski definition) is 3. The number of nitro groups is 1. The first-order valence-corrected chi connectivity index (χ1v) is 22.1. The van der Waals surface area contributed by atoms with Gasteiger partial charge in [-0.1, -0.05) is 37.1 Å². The maximum Gasteiger partial charge on any atom is 0.417 e. The van der Waals surface area contributed by atoms with Gasteiger partial charge < -0.3 is 43.6 Å². The third kappa shape index (κ3) is 10.8. The SMILES string of the molecule is C=CCO[C@@]12Oc3ccc(OC(=O)Nc4ccc(OC)cc4OC)cc3[C@H]3[C@H](CCCCO)[C@@H](CCCCO)C=C(C(=NOC)C[C@@H]1N(CCC)C(=O)C=Cc1ccc([N+](=O)[O-])cc1)[C@H]32. The van der Waals surface area contributed by atoms with Gasteiger partial charge >= 0.3 is 6.09 Å². The first-order valence-electron chi connectivity index (χ1n) is 22.1. The standard InChI is InChI=1S/C49H60N4O12/c1-6-24-52(45(56)23-16-32-14-17-34(18-15-32)53(58)59)44-31-41(51-62-5)38-28-33(12-8-10-25-54)37(13-9-11-26-55)46-39-29-36(20-22-42(39)65-49(44,47(38)46)63-27-7-2)64-48(57)50-40-21-19-35(60-3)30-43(40)61-4/h7,14-23,28-30,33,37,44,46-47,54-55H,2,6,8-13,24-27,31H2,1,3-5H3,(H,50,57)/t33-,37+,44-,46+,47+,49+/m0/s1. The van der Waals surface area contributed by atoms with E-state index in [1.807, 2.05) is 13.0 Å². The minimum atomic E-state index is -1.49. The lowest BCUT2D eigenvalue weighted by molar-refractivity contribution is -0.384. The molecule has 1 fully saturated rings. The number of allylic oxidation sites excluding steroid dienone is 1. The first-order chi connectivity index (χ1) is 31.5. The van der Waals surface area contributed by atoms with E-state index in [0.717, 1.165) is 30.4 Å². The van der Waals surface area contributed by atoms with Gasteiger partial charge in [-0.05, 0) is 104 Å². The third-order valence-corrected chi connectivity index (χ3v) is 12.3. The monoisotopic (exact) mass is 896 g/mol. The van der Waals surface area contributed by atoms with Crippen LogP contribution in [0.4, 0.5) is 16.2 Å². The summed E-state index contributed by atoms with van der Waals surface area (Å²) >= 11 is 0. The maximum absolute atomic E-state index is 14.6. The van der Waals surface area contributed by atoms with Crippen LogP contribution >= 0.6 is 0 Å². The highest BCUT2D eigenvalue weighted by Crippen LogP contribution is 2.62. The number of nitrogens with zero attached hydrogens (tertiary/aromatic N) is 3. The summed E-state index contributed by atoms with van der Waals surface area (Å²) in [5.74, 6) is -1.13. The predicted molar refractivity (Wildman–Crippen MR) is 245 cm³/mol. The van der Waals surface area contributed by atoms with Gasteiger partial charge in [0.2, 0.25) is 11.7 Å². The van der Waals surface area contributed by atoms with Gasteiger partial charge in [0.25, 0.3) is 5.69 Å². The second-order valence-corrected chi connectivity index (χ2v) is 16.2. The van der Waals surface area contributed by atoms with Gasteiger partial charge in [-0.3, -0.25) is 20.2 Å². The third-order valence-electron chi connectivity index (χ3n) is 12.3. The van der Waals surface area contributed by atoms with E-state index in [1.165, 1.54) is 39.5 Å². The van der Waals surface area contributed by atoms with Gasteiger partial charge in [-0.2, -0.15) is 0 Å². The lowest BCUT2D eigenvalue weighted by Gasteiger charge is -2.60. The molecule has 6 atom stereocenters. The molecule has 0 spiro atoms. The van der Waals surface area contributed by atoms with Crippen LogP contribution in [0.25, 0.3) is 6.08 Å². The van der Waals surface area contributed by atoms with Gasteiger partial charge in [0.1, 0.15) is 36.1 Å². The summed E-state index contributed by atoms with van der Waals surface area (Å²) in [6.07, 6.45) is 11.2. The van der Waals surface area contributed by atoms with Gasteiger partial charge in [0.15, 0.2) is 0 Å². The molecule has 348 valence electrons. The zero-order valence-electron chi connectivity index (χ0n) is 37.5. The molecular formula is C49H60N4O12. The van der Waals surface area contributed by atoms with Crippen molar-refractivity contribution in [2.75, 3.05) is 53.0 Å². The van der Waals surface area contributed by atoms with Gasteiger partial charge in [0.05, 0.1) is 43.1 Å². The van der Waals surface area contributed by atoms with Crippen LogP contribution in [0.15, 0.2) is 96.2 Å². The fraction of sp³-hybridized carbons (Fsp3) is 0.449. The number of nitro benzene ring substituents is 1. The maximum atomic E-state index is 14.6. The van der Waals surface area contributed by atoms with Crippen LogP contribution in [-0.4, -0.2) is 97.3 Å². The van der Waals surface area contributed by atoms with E-state index in [-0.39, 0.29) is 61.3 Å². The van der Waals surface area contributed by atoms with E-state index >= 15 is 0 Å². The Labute approximate surface area is 379 Å². The summed E-state index contributed by atoms with van der Waals surface area (Å²) in [6.45, 7) is 6.46. The number of benzene rings is 3. The molecule has 1 saturated carbocycles. The largest absolute Gasteiger partial charge is 0.497 e. The zero-order valence-corrected chi connectivity index (χ0v) is 37.5. The molecule has 1 heterocycles. The van der Waals surface area contributed by atoms with E-state index in [9.17, 15) is 29.9 Å². The van der Waals surface area contributed by atoms with Crippen molar-refractivity contribution < 1.29 is 53.2 Å². The van der Waals surface area contributed by atoms with Crippen LogP contribution in [0, 0.1) is 27.9 Å². The molecule has 65 heavy (non-hydrogen) atoms. The number of anilines is 1. The Kier molecular flexibility index (Phi) is 16.8. The minimum Gasteiger partial charge on any atom is -0.497 e. The van der Waals surface area contributed by atoms with Crippen LogP contribution in [0.2, 0.25) is 0 Å².